The van der Waals surface area contributed by atoms with Gasteiger partial charge in [-0.2, -0.15) is 0 Å². The Bertz CT molecular complexity index is 154. The Balaban J connectivity index is 1.74. The van der Waals surface area contributed by atoms with Crippen LogP contribution in [0.3, 0.4) is 0 Å². The van der Waals surface area contributed by atoms with E-state index in [1.54, 1.807) is 0 Å². The van der Waals surface area contributed by atoms with E-state index in [0.29, 0.717) is 6.04 Å². The maximum absolute atomic E-state index is 5.87. The van der Waals surface area contributed by atoms with E-state index >= 15 is 0 Å². The summed E-state index contributed by atoms with van der Waals surface area (Å²) in [6.45, 7) is 4.72. The first-order valence-corrected chi connectivity index (χ1v) is 5.25. The minimum absolute atomic E-state index is 0.451. The van der Waals surface area contributed by atoms with E-state index < -0.39 is 0 Å². The van der Waals surface area contributed by atoms with Gasteiger partial charge in [-0.05, 0) is 32.2 Å². The van der Waals surface area contributed by atoms with Crippen molar-refractivity contribution in [1.82, 2.24) is 4.90 Å². The van der Waals surface area contributed by atoms with Crippen LogP contribution in [0.5, 0.6) is 0 Å². The fourth-order valence-corrected chi connectivity index (χ4v) is 2.20. The molecule has 0 bridgehead atoms. The first kappa shape index (κ1) is 8.52. The third-order valence-electron chi connectivity index (χ3n) is 3.25. The van der Waals surface area contributed by atoms with Gasteiger partial charge in [0, 0.05) is 18.6 Å². The molecule has 12 heavy (non-hydrogen) atoms. The van der Waals surface area contributed by atoms with Crippen molar-refractivity contribution in [3.8, 4) is 0 Å². The van der Waals surface area contributed by atoms with E-state index in [1.807, 2.05) is 0 Å². The van der Waals surface area contributed by atoms with Crippen LogP contribution >= 0.6 is 0 Å². The highest BCUT2D eigenvalue weighted by molar-refractivity contribution is 4.85. The summed E-state index contributed by atoms with van der Waals surface area (Å²) in [5, 5.41) is 0. The highest BCUT2D eigenvalue weighted by atomic mass is 15.2. The van der Waals surface area contributed by atoms with Crippen molar-refractivity contribution in [2.75, 3.05) is 13.1 Å². The van der Waals surface area contributed by atoms with Gasteiger partial charge >= 0.3 is 0 Å². The Kier molecular flexibility index (Phi) is 2.37. The highest BCUT2D eigenvalue weighted by Gasteiger charge is 2.29. The van der Waals surface area contributed by atoms with Gasteiger partial charge < -0.3 is 5.73 Å². The van der Waals surface area contributed by atoms with Crippen LogP contribution in [0.2, 0.25) is 0 Å². The van der Waals surface area contributed by atoms with Crippen LogP contribution in [0.4, 0.5) is 0 Å². The molecule has 1 aliphatic carbocycles. The third-order valence-corrected chi connectivity index (χ3v) is 3.25. The van der Waals surface area contributed by atoms with Gasteiger partial charge in [-0.3, -0.25) is 4.90 Å². The minimum atomic E-state index is 0.451. The monoisotopic (exact) mass is 168 g/mol. The number of hydrogen-bond donors (Lipinski definition) is 1. The van der Waals surface area contributed by atoms with Gasteiger partial charge in [0.2, 0.25) is 0 Å². The lowest BCUT2D eigenvalue weighted by molar-refractivity contribution is 0.237. The topological polar surface area (TPSA) is 29.3 Å². The quantitative estimate of drug-likeness (QED) is 0.686. The first-order chi connectivity index (χ1) is 5.75. The average molecular weight is 168 g/mol. The molecule has 2 N–H and O–H groups in total. The van der Waals surface area contributed by atoms with Crippen LogP contribution < -0.4 is 5.73 Å². The first-order valence-electron chi connectivity index (χ1n) is 5.25. The SMILES string of the molecule is CC(CC1CC1)N1CCC(N)C1. The largest absolute Gasteiger partial charge is 0.326 e. The Morgan fingerprint density at radius 2 is 2.17 bits per heavy atom. The molecule has 2 nitrogen and oxygen atoms in total. The molecule has 2 unspecified atom stereocenters. The summed E-state index contributed by atoms with van der Waals surface area (Å²) >= 11 is 0. The fourth-order valence-electron chi connectivity index (χ4n) is 2.20. The molecule has 1 heterocycles. The number of nitrogens with zero attached hydrogens (tertiary/aromatic N) is 1. The summed E-state index contributed by atoms with van der Waals surface area (Å²) in [5.74, 6) is 1.05. The van der Waals surface area contributed by atoms with Crippen molar-refractivity contribution < 1.29 is 0 Å². The molecule has 2 aliphatic rings. The van der Waals surface area contributed by atoms with Crippen molar-refractivity contribution in [3.05, 3.63) is 0 Å². The van der Waals surface area contributed by atoms with Crippen LogP contribution in [0.1, 0.15) is 32.6 Å². The van der Waals surface area contributed by atoms with Crippen LogP contribution in [-0.2, 0) is 0 Å². The summed E-state index contributed by atoms with van der Waals surface area (Å²) in [4.78, 5) is 2.56. The number of rotatable bonds is 3. The maximum Gasteiger partial charge on any atom is 0.0180 e. The van der Waals surface area contributed by atoms with E-state index in [0.717, 1.165) is 18.5 Å². The van der Waals surface area contributed by atoms with Crippen molar-refractivity contribution in [3.63, 3.8) is 0 Å². The van der Waals surface area contributed by atoms with Gasteiger partial charge in [-0.15, -0.1) is 0 Å². The molecule has 0 aromatic rings. The highest BCUT2D eigenvalue weighted by Crippen LogP contribution is 2.35. The van der Waals surface area contributed by atoms with Gasteiger partial charge in [0.25, 0.3) is 0 Å². The van der Waals surface area contributed by atoms with Crippen molar-refractivity contribution >= 4 is 0 Å². The third kappa shape index (κ3) is 1.99. The lowest BCUT2D eigenvalue weighted by Gasteiger charge is -2.23. The Morgan fingerprint density at radius 3 is 2.67 bits per heavy atom. The summed E-state index contributed by atoms with van der Waals surface area (Å²) in [5.41, 5.74) is 5.87. The molecular formula is C10H20N2. The smallest absolute Gasteiger partial charge is 0.0180 e. The van der Waals surface area contributed by atoms with Crippen LogP contribution in [0.15, 0.2) is 0 Å². The molecule has 0 radical (unpaired) electrons. The van der Waals surface area contributed by atoms with Gasteiger partial charge in [0.15, 0.2) is 0 Å². The average Bonchev–Trinajstić information content (AvgIpc) is 2.72. The zero-order chi connectivity index (χ0) is 8.55. The standard InChI is InChI=1S/C10H20N2/c1-8(6-9-2-3-9)12-5-4-10(11)7-12/h8-10H,2-7,11H2,1H3. The predicted molar refractivity (Wildman–Crippen MR) is 51.0 cm³/mol. The molecule has 1 aliphatic heterocycles. The van der Waals surface area contributed by atoms with E-state index in [2.05, 4.69) is 11.8 Å². The Labute approximate surface area is 75.1 Å². The number of likely N-dealkylation sites (tertiary alicyclic amines) is 1. The van der Waals surface area contributed by atoms with Gasteiger partial charge in [-0.25, -0.2) is 0 Å². The van der Waals surface area contributed by atoms with E-state index in [4.69, 9.17) is 5.73 Å². The Morgan fingerprint density at radius 1 is 1.42 bits per heavy atom. The summed E-state index contributed by atoms with van der Waals surface area (Å²) < 4.78 is 0. The van der Waals surface area contributed by atoms with Gasteiger partial charge in [-0.1, -0.05) is 12.8 Å². The summed E-state index contributed by atoms with van der Waals surface area (Å²) in [6.07, 6.45) is 5.57. The zero-order valence-corrected chi connectivity index (χ0v) is 8.00. The Hall–Kier alpha value is -0.0800. The summed E-state index contributed by atoms with van der Waals surface area (Å²) in [7, 11) is 0. The second-order valence-corrected chi connectivity index (χ2v) is 4.57. The molecule has 2 atom stereocenters. The van der Waals surface area contributed by atoms with E-state index in [-0.39, 0.29) is 0 Å². The van der Waals surface area contributed by atoms with Crippen molar-refractivity contribution in [2.45, 2.75) is 44.7 Å². The van der Waals surface area contributed by atoms with Crippen LogP contribution in [0, 0.1) is 5.92 Å². The minimum Gasteiger partial charge on any atom is -0.326 e. The van der Waals surface area contributed by atoms with Crippen molar-refractivity contribution in [2.24, 2.45) is 11.7 Å². The second-order valence-electron chi connectivity index (χ2n) is 4.57. The molecule has 0 amide bonds. The van der Waals surface area contributed by atoms with E-state index in [9.17, 15) is 0 Å². The fraction of sp³-hybridized carbons (Fsp3) is 1.00. The molecule has 2 rings (SSSR count). The molecule has 1 saturated carbocycles. The van der Waals surface area contributed by atoms with Crippen LogP contribution in [0.25, 0.3) is 0 Å². The van der Waals surface area contributed by atoms with Crippen LogP contribution in [-0.4, -0.2) is 30.1 Å². The number of hydrogen-bond acceptors (Lipinski definition) is 2. The molecule has 2 fully saturated rings. The molecular weight excluding hydrogens is 148 g/mol. The molecule has 2 heteroatoms. The van der Waals surface area contributed by atoms with Gasteiger partial charge in [0.05, 0.1) is 0 Å². The maximum atomic E-state index is 5.87. The molecule has 70 valence electrons. The second kappa shape index (κ2) is 3.35. The number of nitrogens with two attached hydrogens (primary N) is 1. The van der Waals surface area contributed by atoms with E-state index in [1.165, 1.54) is 32.2 Å². The lowest BCUT2D eigenvalue weighted by Crippen LogP contribution is -2.33. The summed E-state index contributed by atoms with van der Waals surface area (Å²) in [6, 6.07) is 1.23. The molecule has 1 saturated heterocycles. The van der Waals surface area contributed by atoms with Gasteiger partial charge in [0.1, 0.15) is 0 Å². The molecule has 0 spiro atoms. The normalized spacial score (nSPS) is 34.0. The zero-order valence-electron chi connectivity index (χ0n) is 8.00. The predicted octanol–water partition coefficient (Wildman–Crippen LogP) is 1.21. The molecule has 0 aromatic carbocycles. The molecule has 0 aromatic heterocycles. The van der Waals surface area contributed by atoms with Crippen molar-refractivity contribution in [1.29, 1.82) is 0 Å². The lowest BCUT2D eigenvalue weighted by atomic mass is 10.1.